The molecule has 1 aromatic heterocycles. The van der Waals surface area contributed by atoms with Crippen molar-refractivity contribution in [2.45, 2.75) is 0 Å². The summed E-state index contributed by atoms with van der Waals surface area (Å²) in [6, 6.07) is 9.87. The number of benzene rings is 1. The molecule has 0 unspecified atom stereocenters. The maximum Gasteiger partial charge on any atom is 0.278 e. The third kappa shape index (κ3) is 2.49. The Kier molecular flexibility index (Phi) is 2.87. The van der Waals surface area contributed by atoms with Crippen LogP contribution in [0.25, 0.3) is 0 Å². The second-order valence-corrected chi connectivity index (χ2v) is 3.33. The Morgan fingerprint density at radius 2 is 1.82 bits per heavy atom. The van der Waals surface area contributed by atoms with E-state index >= 15 is 0 Å². The maximum absolute atomic E-state index is 11.6. The van der Waals surface area contributed by atoms with Crippen LogP contribution in [-0.2, 0) is 0 Å². The zero-order chi connectivity index (χ0) is 12.3. The third-order valence-corrected chi connectivity index (χ3v) is 2.10. The first-order chi connectivity index (χ1) is 8.16. The highest BCUT2D eigenvalue weighted by atomic mass is 16.2. The minimum Gasteiger partial charge on any atom is -0.323 e. The predicted molar refractivity (Wildman–Crippen MR) is 60.6 cm³/mol. The van der Waals surface area contributed by atoms with Gasteiger partial charge >= 0.3 is 0 Å². The third-order valence-electron chi connectivity index (χ3n) is 2.10. The lowest BCUT2D eigenvalue weighted by Gasteiger charge is -2.01. The molecule has 0 saturated carbocycles. The van der Waals surface area contributed by atoms with Crippen LogP contribution in [0.4, 0.5) is 0 Å². The number of nitrogens with zero attached hydrogens (tertiary/aromatic N) is 2. The van der Waals surface area contributed by atoms with Crippen LogP contribution in [0.5, 0.6) is 0 Å². The van der Waals surface area contributed by atoms with Crippen molar-refractivity contribution in [1.29, 1.82) is 0 Å². The molecule has 6 heteroatoms. The van der Waals surface area contributed by atoms with Crippen LogP contribution < -0.4 is 11.2 Å². The molecule has 0 bridgehead atoms. The van der Waals surface area contributed by atoms with Crippen LogP contribution in [0.2, 0.25) is 0 Å². The zero-order valence-corrected chi connectivity index (χ0v) is 8.83. The number of carbonyl (C=O) groups is 2. The quantitative estimate of drug-likeness (QED) is 0.568. The molecule has 0 aliphatic heterocycles. The van der Waals surface area contributed by atoms with E-state index in [4.69, 9.17) is 5.84 Å². The fraction of sp³-hybridized carbons (Fsp3) is 0. The van der Waals surface area contributed by atoms with Crippen molar-refractivity contribution < 1.29 is 9.59 Å². The number of aromatic nitrogens is 2. The lowest BCUT2D eigenvalue weighted by molar-refractivity contribution is 0.0846. The molecule has 2 amide bonds. The number of rotatable bonds is 2. The topological polar surface area (TPSA) is 90.0 Å². The molecule has 2 rings (SSSR count). The minimum atomic E-state index is -0.581. The first-order valence-corrected chi connectivity index (χ1v) is 4.88. The number of nitrogens with two attached hydrogens (primary N) is 1. The molecular formula is C11H10N4O2. The van der Waals surface area contributed by atoms with Crippen molar-refractivity contribution in [3.63, 3.8) is 0 Å². The smallest absolute Gasteiger partial charge is 0.278 e. The second kappa shape index (κ2) is 4.48. The van der Waals surface area contributed by atoms with E-state index in [0.717, 1.165) is 4.79 Å². The Labute approximate surface area is 97.0 Å². The average Bonchev–Trinajstić information content (AvgIpc) is 2.77. The summed E-state index contributed by atoms with van der Waals surface area (Å²) in [4.78, 5) is 24.2. The summed E-state index contributed by atoms with van der Waals surface area (Å²) in [5, 5.41) is 5.90. The summed E-state index contributed by atoms with van der Waals surface area (Å²) in [5.41, 5.74) is 0.504. The second-order valence-electron chi connectivity index (χ2n) is 3.33. The van der Waals surface area contributed by atoms with E-state index in [2.05, 4.69) is 10.4 Å². The molecule has 3 N–H and O–H groups in total. The Hall–Kier alpha value is -2.63. The average molecular weight is 230 g/mol. The molecule has 0 spiro atoms. The number of hydrogen-bond acceptors (Lipinski definition) is 4. The van der Waals surface area contributed by atoms with Crippen molar-refractivity contribution in [3.8, 4) is 0 Å². The van der Waals surface area contributed by atoms with Gasteiger partial charge in [-0.2, -0.15) is 4.79 Å². The maximum atomic E-state index is 11.6. The molecule has 0 aliphatic rings. The van der Waals surface area contributed by atoms with E-state index < -0.39 is 11.8 Å². The zero-order valence-electron chi connectivity index (χ0n) is 8.83. The molecule has 1 heterocycles. The normalized spacial score (nSPS) is 9.88. The monoisotopic (exact) mass is 230 g/mol. The summed E-state index contributed by atoms with van der Waals surface area (Å²) in [6.45, 7) is 0. The van der Waals surface area contributed by atoms with Gasteiger partial charge in [0.05, 0.1) is 0 Å². The Bertz CT molecular complexity index is 548. The molecule has 0 atom stereocenters. The van der Waals surface area contributed by atoms with Gasteiger partial charge in [0.2, 0.25) is 0 Å². The fourth-order valence-electron chi connectivity index (χ4n) is 1.29. The van der Waals surface area contributed by atoms with Crippen LogP contribution in [0.3, 0.4) is 0 Å². The van der Waals surface area contributed by atoms with Gasteiger partial charge in [-0.25, -0.2) is 0 Å². The van der Waals surface area contributed by atoms with Crippen LogP contribution in [-0.4, -0.2) is 21.7 Å². The van der Waals surface area contributed by atoms with Gasteiger partial charge < -0.3 is 5.84 Å². The summed E-state index contributed by atoms with van der Waals surface area (Å²) >= 11 is 0. The predicted octanol–water partition coefficient (Wildman–Crippen LogP) is 0.167. The molecule has 2 aromatic rings. The van der Waals surface area contributed by atoms with Crippen LogP contribution in [0.1, 0.15) is 20.8 Å². The number of nitrogens with one attached hydrogen (secondary N) is 1. The van der Waals surface area contributed by atoms with Gasteiger partial charge in [-0.05, 0) is 18.2 Å². The van der Waals surface area contributed by atoms with Gasteiger partial charge in [0.1, 0.15) is 0 Å². The fourth-order valence-corrected chi connectivity index (χ4v) is 1.29. The molecule has 6 nitrogen and oxygen atoms in total. The van der Waals surface area contributed by atoms with E-state index in [1.165, 1.54) is 12.3 Å². The summed E-state index contributed by atoms with van der Waals surface area (Å²) in [5.74, 6) is 4.25. The Morgan fingerprint density at radius 1 is 1.12 bits per heavy atom. The van der Waals surface area contributed by atoms with Crippen LogP contribution >= 0.6 is 0 Å². The van der Waals surface area contributed by atoms with Gasteiger partial charge in [0, 0.05) is 11.8 Å². The van der Waals surface area contributed by atoms with E-state index in [1.807, 2.05) is 0 Å². The summed E-state index contributed by atoms with van der Waals surface area (Å²) in [7, 11) is 0. The van der Waals surface area contributed by atoms with Gasteiger partial charge in [-0.3, -0.25) is 14.9 Å². The lowest BCUT2D eigenvalue weighted by atomic mass is 10.2. The van der Waals surface area contributed by atoms with E-state index in [0.29, 0.717) is 5.56 Å². The number of nitrogen functional groups attached to an aromatic ring is 1. The highest BCUT2D eigenvalue weighted by Gasteiger charge is 2.13. The van der Waals surface area contributed by atoms with Crippen molar-refractivity contribution >= 4 is 11.8 Å². The number of carbonyl (C=O) groups excluding carboxylic acids is 2. The SMILES string of the molecule is Nn1ccc(C(=O)NC(=O)c2ccccc2)n1. The summed E-state index contributed by atoms with van der Waals surface area (Å²) in [6.07, 6.45) is 1.42. The number of imide groups is 1. The Balaban J connectivity index is 2.07. The van der Waals surface area contributed by atoms with Gasteiger partial charge in [0.15, 0.2) is 5.69 Å². The first kappa shape index (κ1) is 10.9. The molecule has 0 saturated heterocycles. The number of amides is 2. The van der Waals surface area contributed by atoms with E-state index in [1.54, 1.807) is 30.3 Å². The van der Waals surface area contributed by atoms with E-state index in [-0.39, 0.29) is 5.69 Å². The van der Waals surface area contributed by atoms with Gasteiger partial charge in [-0.1, -0.05) is 18.2 Å². The highest BCUT2D eigenvalue weighted by molar-refractivity contribution is 6.09. The molecule has 0 radical (unpaired) electrons. The largest absolute Gasteiger partial charge is 0.323 e. The van der Waals surface area contributed by atoms with Crippen LogP contribution in [0, 0.1) is 0 Å². The van der Waals surface area contributed by atoms with Crippen LogP contribution in [0.15, 0.2) is 42.6 Å². The van der Waals surface area contributed by atoms with Crippen molar-refractivity contribution in [3.05, 3.63) is 53.9 Å². The number of hydrogen-bond donors (Lipinski definition) is 2. The first-order valence-electron chi connectivity index (χ1n) is 4.88. The van der Waals surface area contributed by atoms with Gasteiger partial charge in [-0.15, -0.1) is 5.10 Å². The highest BCUT2D eigenvalue weighted by Crippen LogP contribution is 1.99. The van der Waals surface area contributed by atoms with Crippen molar-refractivity contribution in [1.82, 2.24) is 15.2 Å². The minimum absolute atomic E-state index is 0.0942. The molecule has 0 fully saturated rings. The van der Waals surface area contributed by atoms with Crippen molar-refractivity contribution in [2.24, 2.45) is 0 Å². The van der Waals surface area contributed by atoms with E-state index in [9.17, 15) is 9.59 Å². The molecule has 17 heavy (non-hydrogen) atoms. The molecular weight excluding hydrogens is 220 g/mol. The lowest BCUT2D eigenvalue weighted by Crippen LogP contribution is -2.31. The standard InChI is InChI=1S/C11H10N4O2/c12-15-7-6-9(14-15)11(17)13-10(16)8-4-2-1-3-5-8/h1-7H,12H2,(H,13,16,17). The molecule has 1 aromatic carbocycles. The van der Waals surface area contributed by atoms with Gasteiger partial charge in [0.25, 0.3) is 11.8 Å². The summed E-state index contributed by atoms with van der Waals surface area (Å²) < 4.78 is 0. The Morgan fingerprint density at radius 3 is 2.41 bits per heavy atom. The molecule has 0 aliphatic carbocycles. The molecule has 86 valence electrons. The van der Waals surface area contributed by atoms with Crippen molar-refractivity contribution in [2.75, 3.05) is 5.84 Å².